The predicted molar refractivity (Wildman–Crippen MR) is 58.5 cm³/mol. The van der Waals surface area contributed by atoms with Gasteiger partial charge in [-0.25, -0.2) is 0 Å². The highest BCUT2D eigenvalue weighted by molar-refractivity contribution is 5.53. The molecule has 0 aliphatic rings. The van der Waals surface area contributed by atoms with Gasteiger partial charge in [-0.05, 0) is 36.6 Å². The van der Waals surface area contributed by atoms with Gasteiger partial charge in [0, 0.05) is 6.61 Å². The van der Waals surface area contributed by atoms with E-state index in [9.17, 15) is 0 Å². The van der Waals surface area contributed by atoms with Crippen molar-refractivity contribution in [1.82, 2.24) is 0 Å². The first kappa shape index (κ1) is 10.8. The van der Waals surface area contributed by atoms with Crippen molar-refractivity contribution in [1.29, 1.82) is 0 Å². The van der Waals surface area contributed by atoms with Gasteiger partial charge >= 0.3 is 0 Å². The zero-order valence-electron chi connectivity index (χ0n) is 8.66. The highest BCUT2D eigenvalue weighted by Gasteiger charge is 1.96. The Kier molecular flexibility index (Phi) is 4.20. The minimum absolute atomic E-state index is 0.200. The van der Waals surface area contributed by atoms with E-state index < -0.39 is 0 Å². The molecule has 1 aromatic carbocycles. The fraction of sp³-hybridized carbons (Fsp3) is 0.333. The van der Waals surface area contributed by atoms with Crippen molar-refractivity contribution < 1.29 is 9.84 Å². The Morgan fingerprint density at radius 2 is 2.21 bits per heavy atom. The van der Waals surface area contributed by atoms with Crippen molar-refractivity contribution in [2.24, 2.45) is 0 Å². The molecule has 0 amide bonds. The van der Waals surface area contributed by atoms with Crippen LogP contribution in [0.25, 0.3) is 6.08 Å². The minimum atomic E-state index is 0.200. The number of rotatable bonds is 4. The third kappa shape index (κ3) is 2.89. The van der Waals surface area contributed by atoms with Crippen molar-refractivity contribution in [2.45, 2.75) is 13.3 Å². The van der Waals surface area contributed by atoms with Gasteiger partial charge in [0.05, 0.1) is 7.11 Å². The molecule has 0 saturated carbocycles. The van der Waals surface area contributed by atoms with Gasteiger partial charge in [0.25, 0.3) is 0 Å². The van der Waals surface area contributed by atoms with Crippen LogP contribution in [0.15, 0.2) is 24.3 Å². The monoisotopic (exact) mass is 192 g/mol. The summed E-state index contributed by atoms with van der Waals surface area (Å²) in [6.45, 7) is 2.22. The molecule has 1 rings (SSSR count). The summed E-state index contributed by atoms with van der Waals surface area (Å²) in [7, 11) is 1.67. The van der Waals surface area contributed by atoms with Gasteiger partial charge in [-0.1, -0.05) is 18.2 Å². The predicted octanol–water partition coefficient (Wildman–Crippen LogP) is 2.40. The minimum Gasteiger partial charge on any atom is -0.496 e. The number of aliphatic hydroxyl groups excluding tert-OH is 1. The van der Waals surface area contributed by atoms with E-state index >= 15 is 0 Å². The van der Waals surface area contributed by atoms with Crippen molar-refractivity contribution >= 4 is 6.08 Å². The van der Waals surface area contributed by atoms with Gasteiger partial charge in [0.2, 0.25) is 0 Å². The topological polar surface area (TPSA) is 29.5 Å². The van der Waals surface area contributed by atoms with E-state index in [1.165, 1.54) is 0 Å². The Balaban J connectivity index is 2.76. The van der Waals surface area contributed by atoms with Crippen LogP contribution in [0.3, 0.4) is 0 Å². The summed E-state index contributed by atoms with van der Waals surface area (Å²) < 4.78 is 5.16. The Morgan fingerprint density at radius 1 is 1.43 bits per heavy atom. The number of hydrogen-bond acceptors (Lipinski definition) is 2. The normalized spacial score (nSPS) is 10.8. The quantitative estimate of drug-likeness (QED) is 0.793. The molecular formula is C12H16O2. The summed E-state index contributed by atoms with van der Waals surface area (Å²) in [4.78, 5) is 0. The van der Waals surface area contributed by atoms with Crippen molar-refractivity contribution in [3.05, 3.63) is 35.4 Å². The average molecular weight is 192 g/mol. The molecular weight excluding hydrogens is 176 g/mol. The molecule has 14 heavy (non-hydrogen) atoms. The molecule has 2 nitrogen and oxygen atoms in total. The Hall–Kier alpha value is -1.28. The molecule has 0 bridgehead atoms. The van der Waals surface area contributed by atoms with Crippen LogP contribution in [0.4, 0.5) is 0 Å². The number of benzene rings is 1. The summed E-state index contributed by atoms with van der Waals surface area (Å²) in [5, 5.41) is 8.61. The molecule has 0 heterocycles. The first-order chi connectivity index (χ1) is 6.77. The summed E-state index contributed by atoms with van der Waals surface area (Å²) in [6, 6.07) is 6.01. The first-order valence-corrected chi connectivity index (χ1v) is 4.70. The third-order valence-corrected chi connectivity index (χ3v) is 2.02. The van der Waals surface area contributed by atoms with E-state index in [4.69, 9.17) is 9.84 Å². The van der Waals surface area contributed by atoms with Gasteiger partial charge in [-0.15, -0.1) is 0 Å². The van der Waals surface area contributed by atoms with E-state index in [0.29, 0.717) is 6.42 Å². The second kappa shape index (κ2) is 5.45. The van der Waals surface area contributed by atoms with Crippen molar-refractivity contribution in [3.8, 4) is 5.75 Å². The molecule has 0 radical (unpaired) electrons. The second-order valence-electron chi connectivity index (χ2n) is 3.14. The SMILES string of the molecule is COc1ccc(C=CCCO)cc1C. The Morgan fingerprint density at radius 3 is 2.79 bits per heavy atom. The maximum atomic E-state index is 8.61. The number of ether oxygens (including phenoxy) is 1. The molecule has 0 aliphatic carbocycles. The highest BCUT2D eigenvalue weighted by atomic mass is 16.5. The molecule has 1 aromatic rings. The molecule has 76 valence electrons. The largest absolute Gasteiger partial charge is 0.496 e. The summed E-state index contributed by atoms with van der Waals surface area (Å²) in [5.74, 6) is 0.907. The summed E-state index contributed by atoms with van der Waals surface area (Å²) in [6.07, 6.45) is 4.66. The van der Waals surface area contributed by atoms with Crippen LogP contribution in [-0.2, 0) is 0 Å². The molecule has 0 spiro atoms. The van der Waals surface area contributed by atoms with Gasteiger partial charge in [0.1, 0.15) is 5.75 Å². The zero-order chi connectivity index (χ0) is 10.4. The maximum Gasteiger partial charge on any atom is 0.121 e. The van der Waals surface area contributed by atoms with Crippen LogP contribution in [0.1, 0.15) is 17.5 Å². The van der Waals surface area contributed by atoms with Crippen LogP contribution in [-0.4, -0.2) is 18.8 Å². The number of hydrogen-bond donors (Lipinski definition) is 1. The number of aryl methyl sites for hydroxylation is 1. The van der Waals surface area contributed by atoms with Gasteiger partial charge in [0.15, 0.2) is 0 Å². The lowest BCUT2D eigenvalue weighted by Gasteiger charge is -2.04. The maximum absolute atomic E-state index is 8.61. The van der Waals surface area contributed by atoms with E-state index in [0.717, 1.165) is 16.9 Å². The van der Waals surface area contributed by atoms with Crippen molar-refractivity contribution in [2.75, 3.05) is 13.7 Å². The Bertz CT molecular complexity index is 316. The van der Waals surface area contributed by atoms with Crippen LogP contribution >= 0.6 is 0 Å². The molecule has 0 saturated heterocycles. The molecule has 0 aromatic heterocycles. The molecule has 0 unspecified atom stereocenters. The van der Waals surface area contributed by atoms with Crippen LogP contribution in [0, 0.1) is 6.92 Å². The van der Waals surface area contributed by atoms with Crippen LogP contribution in [0.5, 0.6) is 5.75 Å². The lowest BCUT2D eigenvalue weighted by molar-refractivity contribution is 0.303. The lowest BCUT2D eigenvalue weighted by atomic mass is 10.1. The fourth-order valence-corrected chi connectivity index (χ4v) is 1.30. The standard InChI is InChI=1S/C12H16O2/c1-10-9-11(5-3-4-8-13)6-7-12(10)14-2/h3,5-7,9,13H,4,8H2,1-2H3. The van der Waals surface area contributed by atoms with Gasteiger partial charge in [-0.2, -0.15) is 0 Å². The van der Waals surface area contributed by atoms with E-state index in [1.54, 1.807) is 7.11 Å². The van der Waals surface area contributed by atoms with Crippen LogP contribution < -0.4 is 4.74 Å². The number of methoxy groups -OCH3 is 1. The lowest BCUT2D eigenvalue weighted by Crippen LogP contribution is -1.87. The van der Waals surface area contributed by atoms with Crippen LogP contribution in [0.2, 0.25) is 0 Å². The smallest absolute Gasteiger partial charge is 0.121 e. The molecule has 1 N–H and O–H groups in total. The fourth-order valence-electron chi connectivity index (χ4n) is 1.30. The molecule has 2 heteroatoms. The molecule has 0 fully saturated rings. The third-order valence-electron chi connectivity index (χ3n) is 2.02. The zero-order valence-corrected chi connectivity index (χ0v) is 8.66. The van der Waals surface area contributed by atoms with Gasteiger partial charge < -0.3 is 9.84 Å². The van der Waals surface area contributed by atoms with E-state index in [2.05, 4.69) is 6.07 Å². The average Bonchev–Trinajstić information content (AvgIpc) is 2.18. The van der Waals surface area contributed by atoms with E-state index in [1.807, 2.05) is 31.2 Å². The Labute approximate surface area is 84.8 Å². The molecule has 0 atom stereocenters. The number of aliphatic hydroxyl groups is 1. The highest BCUT2D eigenvalue weighted by Crippen LogP contribution is 2.19. The van der Waals surface area contributed by atoms with Gasteiger partial charge in [-0.3, -0.25) is 0 Å². The second-order valence-corrected chi connectivity index (χ2v) is 3.14. The van der Waals surface area contributed by atoms with E-state index in [-0.39, 0.29) is 6.61 Å². The summed E-state index contributed by atoms with van der Waals surface area (Å²) >= 11 is 0. The summed E-state index contributed by atoms with van der Waals surface area (Å²) in [5.41, 5.74) is 2.26. The molecule has 0 aliphatic heterocycles. The first-order valence-electron chi connectivity index (χ1n) is 4.70. The van der Waals surface area contributed by atoms with Crippen molar-refractivity contribution in [3.63, 3.8) is 0 Å².